The minimum atomic E-state index is -0.414. The van der Waals surface area contributed by atoms with Crippen LogP contribution < -0.4 is 5.32 Å². The summed E-state index contributed by atoms with van der Waals surface area (Å²) in [6.45, 7) is 5.07. The van der Waals surface area contributed by atoms with E-state index in [1.165, 1.54) is 16.8 Å². The number of nitrogens with one attached hydrogen (secondary N) is 1. The van der Waals surface area contributed by atoms with Gasteiger partial charge in [0.15, 0.2) is 5.69 Å². The zero-order valence-corrected chi connectivity index (χ0v) is 15.7. The highest BCUT2D eigenvalue weighted by Gasteiger charge is 2.15. The third-order valence-corrected chi connectivity index (χ3v) is 4.31. The Morgan fingerprint density at radius 2 is 1.82 bits per heavy atom. The fourth-order valence-corrected chi connectivity index (χ4v) is 2.83. The van der Waals surface area contributed by atoms with E-state index in [0.717, 1.165) is 0 Å². The number of hydrogen-bond acceptors (Lipinski definition) is 3. The first-order valence-electron chi connectivity index (χ1n) is 9.04. The fourth-order valence-electron chi connectivity index (χ4n) is 2.83. The topological polar surface area (TPSA) is 67.2 Å². The molecule has 0 unspecified atom stereocenters. The molecule has 7 heteroatoms. The zero-order valence-electron chi connectivity index (χ0n) is 15.7. The number of halogens is 1. The number of nitrogens with zero attached hydrogens (tertiary/aromatic N) is 3. The second kappa shape index (κ2) is 8.47. The predicted octanol–water partition coefficient (Wildman–Crippen LogP) is 3.75. The van der Waals surface area contributed by atoms with Crippen LogP contribution in [0.4, 0.5) is 10.1 Å². The van der Waals surface area contributed by atoms with Crippen molar-refractivity contribution in [3.63, 3.8) is 0 Å². The van der Waals surface area contributed by atoms with E-state index in [1.54, 1.807) is 53.6 Å². The van der Waals surface area contributed by atoms with Crippen molar-refractivity contribution in [2.75, 3.05) is 18.4 Å². The molecular formula is C21H21FN4O2. The summed E-state index contributed by atoms with van der Waals surface area (Å²) in [4.78, 5) is 26.7. The molecule has 2 amide bonds. The van der Waals surface area contributed by atoms with Crippen LogP contribution in [-0.2, 0) is 0 Å². The number of aromatic nitrogens is 2. The molecule has 0 radical (unpaired) electrons. The van der Waals surface area contributed by atoms with Crippen LogP contribution in [0.3, 0.4) is 0 Å². The molecule has 0 aliphatic rings. The Morgan fingerprint density at radius 1 is 1.07 bits per heavy atom. The van der Waals surface area contributed by atoms with Gasteiger partial charge in [-0.2, -0.15) is 5.10 Å². The van der Waals surface area contributed by atoms with Gasteiger partial charge < -0.3 is 10.2 Å². The third kappa shape index (κ3) is 4.25. The Kier molecular flexibility index (Phi) is 5.84. The maximum atomic E-state index is 13.4. The molecule has 0 fully saturated rings. The largest absolute Gasteiger partial charge is 0.339 e. The van der Waals surface area contributed by atoms with Crippen LogP contribution in [0.15, 0.2) is 60.8 Å². The van der Waals surface area contributed by atoms with Crippen molar-refractivity contribution in [2.24, 2.45) is 0 Å². The summed E-state index contributed by atoms with van der Waals surface area (Å²) in [7, 11) is 0. The summed E-state index contributed by atoms with van der Waals surface area (Å²) in [5, 5.41) is 6.94. The first-order valence-corrected chi connectivity index (χ1v) is 9.04. The normalized spacial score (nSPS) is 10.5. The highest BCUT2D eigenvalue weighted by atomic mass is 19.1. The van der Waals surface area contributed by atoms with Gasteiger partial charge in [0.05, 0.1) is 5.69 Å². The van der Waals surface area contributed by atoms with Crippen LogP contribution in [0.2, 0.25) is 0 Å². The number of amides is 2. The first kappa shape index (κ1) is 19.3. The van der Waals surface area contributed by atoms with Crippen LogP contribution in [0.5, 0.6) is 0 Å². The van der Waals surface area contributed by atoms with E-state index in [-0.39, 0.29) is 17.4 Å². The smallest absolute Gasteiger partial charge is 0.276 e. The van der Waals surface area contributed by atoms with Crippen molar-refractivity contribution < 1.29 is 14.0 Å². The highest BCUT2D eigenvalue weighted by Crippen LogP contribution is 2.15. The molecule has 144 valence electrons. The van der Waals surface area contributed by atoms with Crippen molar-refractivity contribution in [1.29, 1.82) is 0 Å². The van der Waals surface area contributed by atoms with E-state index in [1.807, 2.05) is 13.8 Å². The molecule has 0 bridgehead atoms. The summed E-state index contributed by atoms with van der Waals surface area (Å²) in [5.74, 6) is -0.882. The summed E-state index contributed by atoms with van der Waals surface area (Å²) < 4.78 is 14.8. The number of carbonyl (C=O) groups excluding carboxylic acids is 2. The van der Waals surface area contributed by atoms with E-state index in [2.05, 4.69) is 10.4 Å². The Balaban J connectivity index is 1.75. The number of benzene rings is 2. The molecule has 28 heavy (non-hydrogen) atoms. The summed E-state index contributed by atoms with van der Waals surface area (Å²) >= 11 is 0. The second-order valence-electron chi connectivity index (χ2n) is 6.14. The average molecular weight is 380 g/mol. The van der Waals surface area contributed by atoms with Gasteiger partial charge in [-0.15, -0.1) is 0 Å². The summed E-state index contributed by atoms with van der Waals surface area (Å²) in [6, 6.07) is 14.3. The molecule has 0 spiro atoms. The van der Waals surface area contributed by atoms with Crippen LogP contribution in [-0.4, -0.2) is 39.6 Å². The number of carbonyl (C=O) groups is 2. The number of hydrogen-bond donors (Lipinski definition) is 1. The minimum absolute atomic E-state index is 0.0866. The van der Waals surface area contributed by atoms with Crippen molar-refractivity contribution in [3.8, 4) is 5.69 Å². The first-order chi connectivity index (χ1) is 13.5. The van der Waals surface area contributed by atoms with E-state index >= 15 is 0 Å². The van der Waals surface area contributed by atoms with Gasteiger partial charge in [-0.05, 0) is 56.3 Å². The highest BCUT2D eigenvalue weighted by molar-refractivity contribution is 6.03. The van der Waals surface area contributed by atoms with Crippen molar-refractivity contribution in [2.45, 2.75) is 13.8 Å². The van der Waals surface area contributed by atoms with Crippen molar-refractivity contribution >= 4 is 17.5 Å². The molecule has 0 aliphatic heterocycles. The molecule has 2 aromatic carbocycles. The van der Waals surface area contributed by atoms with Crippen LogP contribution in [0.1, 0.15) is 34.7 Å². The molecule has 1 N–H and O–H groups in total. The zero-order chi connectivity index (χ0) is 20.1. The minimum Gasteiger partial charge on any atom is -0.339 e. The van der Waals surface area contributed by atoms with Gasteiger partial charge in [-0.1, -0.05) is 12.1 Å². The van der Waals surface area contributed by atoms with Crippen molar-refractivity contribution in [1.82, 2.24) is 14.7 Å². The third-order valence-electron chi connectivity index (χ3n) is 4.31. The molecular weight excluding hydrogens is 359 g/mol. The summed E-state index contributed by atoms with van der Waals surface area (Å²) in [5.41, 5.74) is 1.71. The van der Waals surface area contributed by atoms with Gasteiger partial charge in [0, 0.05) is 30.5 Å². The molecule has 1 heterocycles. The van der Waals surface area contributed by atoms with Gasteiger partial charge in [-0.3, -0.25) is 9.59 Å². The standard InChI is InChI=1S/C21H21FN4O2/c1-3-25(4-2)21(28)15-7-5-9-17(13-15)23-20(27)19-11-12-26(24-19)18-10-6-8-16(22)14-18/h5-14H,3-4H2,1-2H3,(H,23,27). The van der Waals surface area contributed by atoms with E-state index < -0.39 is 5.91 Å². The lowest BCUT2D eigenvalue weighted by atomic mass is 10.1. The predicted molar refractivity (Wildman–Crippen MR) is 105 cm³/mol. The van der Waals surface area contributed by atoms with E-state index in [0.29, 0.717) is 30.0 Å². The summed E-state index contributed by atoms with van der Waals surface area (Å²) in [6.07, 6.45) is 1.59. The van der Waals surface area contributed by atoms with Gasteiger partial charge >= 0.3 is 0 Å². The average Bonchev–Trinajstić information content (AvgIpc) is 3.19. The van der Waals surface area contributed by atoms with Gasteiger partial charge in [-0.25, -0.2) is 9.07 Å². The quantitative estimate of drug-likeness (QED) is 0.708. The van der Waals surface area contributed by atoms with Crippen molar-refractivity contribution in [3.05, 3.63) is 77.9 Å². The fraction of sp³-hybridized carbons (Fsp3) is 0.190. The van der Waals surface area contributed by atoms with Crippen LogP contribution in [0, 0.1) is 5.82 Å². The van der Waals surface area contributed by atoms with Gasteiger partial charge in [0.25, 0.3) is 11.8 Å². The van der Waals surface area contributed by atoms with Gasteiger partial charge in [0.2, 0.25) is 0 Å². The maximum Gasteiger partial charge on any atom is 0.276 e. The molecule has 1 aromatic heterocycles. The molecule has 3 rings (SSSR count). The maximum absolute atomic E-state index is 13.4. The Bertz CT molecular complexity index is 995. The lowest BCUT2D eigenvalue weighted by molar-refractivity contribution is 0.0772. The van der Waals surface area contributed by atoms with Gasteiger partial charge in [0.1, 0.15) is 5.82 Å². The Labute approximate surface area is 162 Å². The Morgan fingerprint density at radius 3 is 2.54 bits per heavy atom. The number of anilines is 1. The van der Waals surface area contributed by atoms with Crippen LogP contribution in [0.25, 0.3) is 5.69 Å². The Hall–Kier alpha value is -3.48. The lowest BCUT2D eigenvalue weighted by Gasteiger charge is -2.18. The van der Waals surface area contributed by atoms with E-state index in [4.69, 9.17) is 0 Å². The molecule has 0 aliphatic carbocycles. The molecule has 0 saturated heterocycles. The second-order valence-corrected chi connectivity index (χ2v) is 6.14. The van der Waals surface area contributed by atoms with Crippen LogP contribution >= 0.6 is 0 Å². The molecule has 0 saturated carbocycles. The SMILES string of the molecule is CCN(CC)C(=O)c1cccc(NC(=O)c2ccn(-c3cccc(F)c3)n2)c1. The molecule has 6 nitrogen and oxygen atoms in total. The monoisotopic (exact) mass is 380 g/mol. The lowest BCUT2D eigenvalue weighted by Crippen LogP contribution is -2.30. The molecule has 0 atom stereocenters. The van der Waals surface area contributed by atoms with E-state index in [9.17, 15) is 14.0 Å². The molecule has 3 aromatic rings. The number of rotatable bonds is 6.